The molecule has 18 heavy (non-hydrogen) atoms. The first-order valence-corrected chi connectivity index (χ1v) is 7.06. The van der Waals surface area contributed by atoms with E-state index < -0.39 is 0 Å². The Labute approximate surface area is 114 Å². The van der Waals surface area contributed by atoms with Gasteiger partial charge in [-0.15, -0.1) is 0 Å². The van der Waals surface area contributed by atoms with Gasteiger partial charge >= 0.3 is 0 Å². The molecule has 1 aliphatic carbocycles. The highest BCUT2D eigenvalue weighted by Crippen LogP contribution is 2.37. The zero-order valence-electron chi connectivity index (χ0n) is 11.1. The minimum atomic E-state index is -0.338. The van der Waals surface area contributed by atoms with Crippen LogP contribution < -0.4 is 5.32 Å². The largest absolute Gasteiger partial charge is 0.310 e. The molecule has 1 aromatic carbocycles. The summed E-state index contributed by atoms with van der Waals surface area (Å²) in [5, 5.41) is 3.71. The molecule has 1 N–H and O–H groups in total. The Balaban J connectivity index is 1.94. The van der Waals surface area contributed by atoms with Crippen molar-refractivity contribution in [2.75, 3.05) is 6.54 Å². The molecular weight excluding hydrogens is 249 g/mol. The highest BCUT2D eigenvalue weighted by Gasteiger charge is 2.28. The second-order valence-corrected chi connectivity index (χ2v) is 6.20. The second kappa shape index (κ2) is 5.58. The number of nitrogens with one attached hydrogen (secondary N) is 1. The van der Waals surface area contributed by atoms with E-state index in [0.717, 1.165) is 12.1 Å². The van der Waals surface area contributed by atoms with Crippen LogP contribution in [0.2, 0.25) is 5.02 Å². The van der Waals surface area contributed by atoms with Crippen molar-refractivity contribution in [3.63, 3.8) is 0 Å². The summed E-state index contributed by atoms with van der Waals surface area (Å²) in [5.41, 5.74) is 1.37. The first-order valence-electron chi connectivity index (χ1n) is 6.68. The molecule has 2 rings (SSSR count). The third-order valence-electron chi connectivity index (χ3n) is 4.09. The maximum atomic E-state index is 13.4. The van der Waals surface area contributed by atoms with Gasteiger partial charge in [0.2, 0.25) is 0 Å². The molecular formula is C15H21ClFN. The van der Waals surface area contributed by atoms with Crippen LogP contribution in [-0.2, 0) is 0 Å². The van der Waals surface area contributed by atoms with E-state index in [1.165, 1.54) is 31.7 Å². The Hall–Kier alpha value is -0.600. The van der Waals surface area contributed by atoms with Crippen LogP contribution >= 0.6 is 11.6 Å². The van der Waals surface area contributed by atoms with Gasteiger partial charge in [0.1, 0.15) is 5.82 Å². The Morgan fingerprint density at radius 3 is 2.67 bits per heavy atom. The maximum Gasteiger partial charge on any atom is 0.142 e. The third kappa shape index (κ3) is 3.24. The summed E-state index contributed by atoms with van der Waals surface area (Å²) in [7, 11) is 0. The zero-order valence-corrected chi connectivity index (χ0v) is 11.9. The molecule has 0 aliphatic heterocycles. The average molecular weight is 270 g/mol. The molecule has 0 bridgehead atoms. The van der Waals surface area contributed by atoms with Crippen LogP contribution in [0.3, 0.4) is 0 Å². The quantitative estimate of drug-likeness (QED) is 0.835. The first-order chi connectivity index (χ1) is 8.50. The van der Waals surface area contributed by atoms with Gasteiger partial charge in [-0.25, -0.2) is 4.39 Å². The standard InChI is InChI=1S/C15H21ClFN/c1-11(12-5-6-13(16)14(17)9-12)18-10-15(2)7-3-4-8-15/h5-6,9,11,18H,3-4,7-8,10H2,1-2H3. The van der Waals surface area contributed by atoms with E-state index in [9.17, 15) is 4.39 Å². The highest BCUT2D eigenvalue weighted by molar-refractivity contribution is 6.30. The van der Waals surface area contributed by atoms with E-state index >= 15 is 0 Å². The minimum Gasteiger partial charge on any atom is -0.310 e. The van der Waals surface area contributed by atoms with Crippen LogP contribution in [0.15, 0.2) is 18.2 Å². The molecule has 0 spiro atoms. The number of hydrogen-bond acceptors (Lipinski definition) is 1. The van der Waals surface area contributed by atoms with Gasteiger partial charge in [-0.05, 0) is 42.9 Å². The first kappa shape index (κ1) is 13.8. The number of benzene rings is 1. The summed E-state index contributed by atoms with van der Waals surface area (Å²) in [6.07, 6.45) is 5.26. The Morgan fingerprint density at radius 1 is 1.39 bits per heavy atom. The van der Waals surface area contributed by atoms with E-state index in [2.05, 4.69) is 19.2 Å². The van der Waals surface area contributed by atoms with Gasteiger partial charge in [-0.1, -0.05) is 37.4 Å². The van der Waals surface area contributed by atoms with Crippen molar-refractivity contribution in [3.8, 4) is 0 Å². The predicted octanol–water partition coefficient (Wildman–Crippen LogP) is 4.71. The summed E-state index contributed by atoms with van der Waals surface area (Å²) < 4.78 is 13.4. The smallest absolute Gasteiger partial charge is 0.142 e. The van der Waals surface area contributed by atoms with Crippen LogP contribution in [-0.4, -0.2) is 6.54 Å². The van der Waals surface area contributed by atoms with Crippen molar-refractivity contribution in [1.82, 2.24) is 5.32 Å². The lowest BCUT2D eigenvalue weighted by Crippen LogP contribution is -2.31. The van der Waals surface area contributed by atoms with E-state index in [1.807, 2.05) is 6.07 Å². The third-order valence-corrected chi connectivity index (χ3v) is 4.40. The molecule has 0 aromatic heterocycles. The van der Waals surface area contributed by atoms with E-state index in [4.69, 9.17) is 11.6 Å². The number of rotatable bonds is 4. The van der Waals surface area contributed by atoms with Crippen molar-refractivity contribution in [2.45, 2.75) is 45.6 Å². The van der Waals surface area contributed by atoms with Crippen molar-refractivity contribution in [3.05, 3.63) is 34.6 Å². The lowest BCUT2D eigenvalue weighted by Gasteiger charge is -2.26. The average Bonchev–Trinajstić information content (AvgIpc) is 2.77. The highest BCUT2D eigenvalue weighted by atomic mass is 35.5. The van der Waals surface area contributed by atoms with Gasteiger partial charge in [0.05, 0.1) is 5.02 Å². The Bertz CT molecular complexity index is 413. The van der Waals surface area contributed by atoms with Gasteiger partial charge in [-0.3, -0.25) is 0 Å². The van der Waals surface area contributed by atoms with Gasteiger partial charge in [0, 0.05) is 12.6 Å². The summed E-state index contributed by atoms with van der Waals surface area (Å²) in [4.78, 5) is 0. The number of halogens is 2. The normalized spacial score (nSPS) is 20.0. The van der Waals surface area contributed by atoms with Crippen molar-refractivity contribution in [1.29, 1.82) is 0 Å². The Kier molecular flexibility index (Phi) is 4.29. The van der Waals surface area contributed by atoms with Crippen molar-refractivity contribution >= 4 is 11.6 Å². The molecule has 1 fully saturated rings. The van der Waals surface area contributed by atoms with E-state index in [1.54, 1.807) is 6.07 Å². The molecule has 100 valence electrons. The van der Waals surface area contributed by atoms with Crippen LogP contribution in [0.25, 0.3) is 0 Å². The molecule has 0 saturated heterocycles. The molecule has 3 heteroatoms. The maximum absolute atomic E-state index is 13.4. The van der Waals surface area contributed by atoms with Gasteiger partial charge in [0.25, 0.3) is 0 Å². The summed E-state index contributed by atoms with van der Waals surface area (Å²) in [6.45, 7) is 5.40. The zero-order chi connectivity index (χ0) is 13.2. The lowest BCUT2D eigenvalue weighted by molar-refractivity contribution is 0.301. The molecule has 1 aromatic rings. The summed E-state index contributed by atoms with van der Waals surface area (Å²) in [6, 6.07) is 5.20. The van der Waals surface area contributed by atoms with Gasteiger partial charge < -0.3 is 5.32 Å². The molecule has 1 saturated carbocycles. The Morgan fingerprint density at radius 2 is 2.06 bits per heavy atom. The topological polar surface area (TPSA) is 12.0 Å². The molecule has 1 atom stereocenters. The molecule has 1 aliphatic rings. The van der Waals surface area contributed by atoms with E-state index in [0.29, 0.717) is 5.41 Å². The number of hydrogen-bond donors (Lipinski definition) is 1. The van der Waals surface area contributed by atoms with Crippen LogP contribution in [0.5, 0.6) is 0 Å². The molecule has 0 amide bonds. The van der Waals surface area contributed by atoms with Gasteiger partial charge in [0.15, 0.2) is 0 Å². The minimum absolute atomic E-state index is 0.161. The van der Waals surface area contributed by atoms with Gasteiger partial charge in [-0.2, -0.15) is 0 Å². The fraction of sp³-hybridized carbons (Fsp3) is 0.600. The second-order valence-electron chi connectivity index (χ2n) is 5.79. The fourth-order valence-electron chi connectivity index (χ4n) is 2.70. The van der Waals surface area contributed by atoms with Crippen molar-refractivity contribution < 1.29 is 4.39 Å². The summed E-state index contributed by atoms with van der Waals surface area (Å²) >= 11 is 5.69. The SMILES string of the molecule is CC(NCC1(C)CCCC1)c1ccc(Cl)c(F)c1. The van der Waals surface area contributed by atoms with Crippen molar-refractivity contribution in [2.24, 2.45) is 5.41 Å². The summed E-state index contributed by atoms with van der Waals surface area (Å²) in [5.74, 6) is -0.338. The predicted molar refractivity (Wildman–Crippen MR) is 74.4 cm³/mol. The molecule has 1 nitrogen and oxygen atoms in total. The van der Waals surface area contributed by atoms with Crippen LogP contribution in [0.1, 0.15) is 51.1 Å². The molecule has 0 heterocycles. The monoisotopic (exact) mass is 269 g/mol. The molecule has 1 unspecified atom stereocenters. The van der Waals surface area contributed by atoms with Crippen LogP contribution in [0, 0.1) is 11.2 Å². The van der Waals surface area contributed by atoms with E-state index in [-0.39, 0.29) is 16.9 Å². The lowest BCUT2D eigenvalue weighted by atomic mass is 9.88. The van der Waals surface area contributed by atoms with Crippen LogP contribution in [0.4, 0.5) is 4.39 Å². The fourth-order valence-corrected chi connectivity index (χ4v) is 2.82. The molecule has 0 radical (unpaired) electrons.